The molecule has 2 aromatic rings. The lowest BCUT2D eigenvalue weighted by Crippen LogP contribution is -2.46. The van der Waals surface area contributed by atoms with Crippen LogP contribution in [-0.2, 0) is 16.1 Å². The van der Waals surface area contributed by atoms with Gasteiger partial charge in [0.15, 0.2) is 5.69 Å². The lowest BCUT2D eigenvalue weighted by molar-refractivity contribution is -0.120. The molecule has 1 fully saturated rings. The van der Waals surface area contributed by atoms with Gasteiger partial charge in [-0.25, -0.2) is 4.79 Å². The number of benzene rings is 1. The van der Waals surface area contributed by atoms with Crippen LogP contribution in [0.2, 0.25) is 0 Å². The van der Waals surface area contributed by atoms with Crippen LogP contribution >= 0.6 is 0 Å². The van der Waals surface area contributed by atoms with Crippen molar-refractivity contribution in [3.63, 3.8) is 0 Å². The van der Waals surface area contributed by atoms with Crippen LogP contribution in [0.15, 0.2) is 33.9 Å². The number of nitrogen functional groups attached to an aromatic ring is 1. The van der Waals surface area contributed by atoms with E-state index in [9.17, 15) is 14.4 Å². The van der Waals surface area contributed by atoms with Gasteiger partial charge >= 0.3 is 5.69 Å². The van der Waals surface area contributed by atoms with E-state index in [0.29, 0.717) is 6.54 Å². The van der Waals surface area contributed by atoms with Crippen LogP contribution in [-0.4, -0.2) is 53.7 Å². The number of aromatic amines is 1. The fraction of sp³-hybridized carbons (Fsp3) is 0.542. The fourth-order valence-corrected chi connectivity index (χ4v) is 4.37. The molecule has 3 N–H and O–H groups in total. The number of nitrogens with two attached hydrogens (primary N) is 1. The fourth-order valence-electron chi connectivity index (χ4n) is 4.37. The van der Waals surface area contributed by atoms with Crippen LogP contribution in [0.25, 0.3) is 0 Å². The van der Waals surface area contributed by atoms with Gasteiger partial charge in [0.05, 0.1) is 13.2 Å². The van der Waals surface area contributed by atoms with Crippen molar-refractivity contribution in [2.45, 2.75) is 46.2 Å². The molecule has 9 nitrogen and oxygen atoms in total. The summed E-state index contributed by atoms with van der Waals surface area (Å²) >= 11 is 0. The third-order valence-corrected chi connectivity index (χ3v) is 6.02. The molecule has 1 amide bonds. The number of hydrogen-bond acceptors (Lipinski definition) is 6. The van der Waals surface area contributed by atoms with E-state index in [1.165, 1.54) is 27.7 Å². The molecule has 0 saturated carbocycles. The second kappa shape index (κ2) is 10.8. The lowest BCUT2D eigenvalue weighted by atomic mass is 10.0. The van der Waals surface area contributed by atoms with Crippen molar-refractivity contribution >= 4 is 17.4 Å². The molecular weight excluding hydrogens is 422 g/mol. The van der Waals surface area contributed by atoms with Gasteiger partial charge < -0.3 is 15.4 Å². The molecule has 1 atom stereocenters. The SMILES string of the molecule is COCCN(C(=O)CN1CCCC1c1ccc(C)cc1)c1c(N)n(CC(C)C)c(=O)[nH]c1=O. The van der Waals surface area contributed by atoms with Gasteiger partial charge in [0.2, 0.25) is 5.91 Å². The molecular formula is C24H35N5O4. The van der Waals surface area contributed by atoms with Crippen LogP contribution in [0, 0.1) is 12.8 Å². The number of aromatic nitrogens is 2. The average molecular weight is 458 g/mol. The van der Waals surface area contributed by atoms with Crippen molar-refractivity contribution in [2.75, 3.05) is 44.0 Å². The summed E-state index contributed by atoms with van der Waals surface area (Å²) in [6, 6.07) is 8.52. The zero-order chi connectivity index (χ0) is 24.1. The molecule has 0 spiro atoms. The molecule has 0 aliphatic carbocycles. The molecule has 2 heterocycles. The Morgan fingerprint density at radius 1 is 1.27 bits per heavy atom. The second-order valence-corrected chi connectivity index (χ2v) is 9.07. The van der Waals surface area contributed by atoms with Gasteiger partial charge in [-0.3, -0.25) is 24.0 Å². The molecule has 9 heteroatoms. The zero-order valence-corrected chi connectivity index (χ0v) is 20.0. The van der Waals surface area contributed by atoms with Gasteiger partial charge in [-0.2, -0.15) is 0 Å². The number of hydrogen-bond donors (Lipinski definition) is 2. The normalized spacial score (nSPS) is 16.5. The predicted molar refractivity (Wildman–Crippen MR) is 130 cm³/mol. The van der Waals surface area contributed by atoms with E-state index in [0.717, 1.165) is 19.4 Å². The maximum absolute atomic E-state index is 13.5. The minimum absolute atomic E-state index is 0.00147. The second-order valence-electron chi connectivity index (χ2n) is 9.07. The van der Waals surface area contributed by atoms with Crippen LogP contribution in [0.5, 0.6) is 0 Å². The summed E-state index contributed by atoms with van der Waals surface area (Å²) < 4.78 is 6.50. The predicted octanol–water partition coefficient (Wildman–Crippen LogP) is 1.90. The Morgan fingerprint density at radius 3 is 2.61 bits per heavy atom. The monoisotopic (exact) mass is 457 g/mol. The first-order valence-electron chi connectivity index (χ1n) is 11.5. The number of rotatable bonds is 9. The molecule has 1 unspecified atom stereocenters. The first-order valence-corrected chi connectivity index (χ1v) is 11.5. The Kier molecular flexibility index (Phi) is 8.10. The van der Waals surface area contributed by atoms with Gasteiger partial charge in [-0.15, -0.1) is 0 Å². The Labute approximate surface area is 194 Å². The smallest absolute Gasteiger partial charge is 0.330 e. The number of H-pyrrole nitrogens is 1. The third kappa shape index (κ3) is 5.72. The first kappa shape index (κ1) is 24.7. The van der Waals surface area contributed by atoms with E-state index >= 15 is 0 Å². The van der Waals surface area contributed by atoms with Crippen molar-refractivity contribution in [3.05, 3.63) is 56.2 Å². The van der Waals surface area contributed by atoms with E-state index < -0.39 is 11.2 Å². The van der Waals surface area contributed by atoms with Crippen molar-refractivity contribution < 1.29 is 9.53 Å². The van der Waals surface area contributed by atoms with E-state index in [1.54, 1.807) is 0 Å². The number of aryl methyl sites for hydroxylation is 1. The van der Waals surface area contributed by atoms with Crippen LogP contribution in [0.1, 0.15) is 43.9 Å². The molecule has 0 bridgehead atoms. The van der Waals surface area contributed by atoms with E-state index in [-0.39, 0.29) is 49.1 Å². The highest BCUT2D eigenvalue weighted by atomic mass is 16.5. The topological polar surface area (TPSA) is 114 Å². The highest BCUT2D eigenvalue weighted by Crippen LogP contribution is 2.32. The number of amides is 1. The van der Waals surface area contributed by atoms with Crippen LogP contribution in [0.4, 0.5) is 11.5 Å². The summed E-state index contributed by atoms with van der Waals surface area (Å²) in [5.41, 5.74) is 7.41. The Hall–Kier alpha value is -2.91. The molecule has 1 saturated heterocycles. The largest absolute Gasteiger partial charge is 0.383 e. The Balaban J connectivity index is 1.91. The molecule has 1 aliphatic heterocycles. The lowest BCUT2D eigenvalue weighted by Gasteiger charge is -2.29. The maximum Gasteiger partial charge on any atom is 0.330 e. The highest BCUT2D eigenvalue weighted by Gasteiger charge is 2.31. The van der Waals surface area contributed by atoms with Crippen molar-refractivity contribution in [2.24, 2.45) is 5.92 Å². The summed E-state index contributed by atoms with van der Waals surface area (Å²) in [5, 5.41) is 0. The minimum atomic E-state index is -0.668. The van der Waals surface area contributed by atoms with E-state index in [1.807, 2.05) is 20.8 Å². The number of carbonyl (C=O) groups is 1. The molecule has 3 rings (SSSR count). The molecule has 1 aliphatic rings. The van der Waals surface area contributed by atoms with Crippen molar-refractivity contribution in [1.29, 1.82) is 0 Å². The van der Waals surface area contributed by atoms with E-state index in [2.05, 4.69) is 34.1 Å². The van der Waals surface area contributed by atoms with Crippen LogP contribution < -0.4 is 21.9 Å². The van der Waals surface area contributed by atoms with Gasteiger partial charge in [0.1, 0.15) is 5.82 Å². The summed E-state index contributed by atoms with van der Waals surface area (Å²) in [6.45, 7) is 7.61. The van der Waals surface area contributed by atoms with Crippen molar-refractivity contribution in [1.82, 2.24) is 14.5 Å². The van der Waals surface area contributed by atoms with Gasteiger partial charge in [0.25, 0.3) is 5.56 Å². The van der Waals surface area contributed by atoms with E-state index in [4.69, 9.17) is 10.5 Å². The average Bonchev–Trinajstić information content (AvgIpc) is 3.21. The number of carbonyl (C=O) groups excluding carboxylic acids is 1. The molecule has 0 radical (unpaired) electrons. The molecule has 1 aromatic heterocycles. The Morgan fingerprint density at radius 2 is 1.97 bits per heavy atom. The minimum Gasteiger partial charge on any atom is -0.383 e. The zero-order valence-electron chi connectivity index (χ0n) is 20.0. The summed E-state index contributed by atoms with van der Waals surface area (Å²) in [4.78, 5) is 44.4. The summed E-state index contributed by atoms with van der Waals surface area (Å²) in [7, 11) is 1.53. The van der Waals surface area contributed by atoms with Crippen molar-refractivity contribution in [3.8, 4) is 0 Å². The molecule has 1 aromatic carbocycles. The van der Waals surface area contributed by atoms with Gasteiger partial charge in [-0.05, 0) is 37.8 Å². The highest BCUT2D eigenvalue weighted by molar-refractivity contribution is 5.96. The Bertz CT molecular complexity index is 1070. The first-order chi connectivity index (χ1) is 15.7. The maximum atomic E-state index is 13.5. The third-order valence-electron chi connectivity index (χ3n) is 6.02. The number of nitrogens with one attached hydrogen (secondary N) is 1. The number of anilines is 2. The quantitative estimate of drug-likeness (QED) is 0.595. The number of ether oxygens (including phenoxy) is 1. The van der Waals surface area contributed by atoms with Gasteiger partial charge in [0, 0.05) is 26.2 Å². The van der Waals surface area contributed by atoms with Crippen LogP contribution in [0.3, 0.4) is 0 Å². The summed E-state index contributed by atoms with van der Waals surface area (Å²) in [6.07, 6.45) is 1.96. The molecule has 180 valence electrons. The number of nitrogens with zero attached hydrogens (tertiary/aromatic N) is 3. The standard InChI is InChI=1S/C24H35N5O4/c1-16(2)14-29-22(25)21(23(31)26-24(29)32)28(12-13-33-4)20(30)15-27-11-5-6-19(27)18-9-7-17(3)8-10-18/h7-10,16,19H,5-6,11-15,25H2,1-4H3,(H,26,31,32). The number of likely N-dealkylation sites (tertiary alicyclic amines) is 1. The number of methoxy groups -OCH3 is 1. The summed E-state index contributed by atoms with van der Waals surface area (Å²) in [5.74, 6) is -0.122. The van der Waals surface area contributed by atoms with Gasteiger partial charge in [-0.1, -0.05) is 43.7 Å². The molecule has 33 heavy (non-hydrogen) atoms.